The fraction of sp³-hybridized carbons (Fsp3) is 0.182. The molecule has 3 aromatic rings. The normalized spacial score (nSPS) is 15.0. The van der Waals surface area contributed by atoms with E-state index in [-0.39, 0.29) is 22.2 Å². The monoisotopic (exact) mass is 476 g/mol. The molecule has 2 N–H and O–H groups in total. The lowest BCUT2D eigenvalue weighted by Crippen LogP contribution is -2.38. The molecule has 0 aliphatic carbocycles. The Kier molecular flexibility index (Phi) is 5.83. The number of nitrogens with one attached hydrogen (secondary N) is 2. The smallest absolute Gasteiger partial charge is 0.345 e. The molecular weight excluding hydrogens is 459 g/mol. The fourth-order valence-corrected chi connectivity index (χ4v) is 4.87. The van der Waals surface area contributed by atoms with Gasteiger partial charge in [-0.05, 0) is 55.3 Å². The Morgan fingerprint density at radius 3 is 2.55 bits per heavy atom. The first kappa shape index (κ1) is 21.5. The average Bonchev–Trinajstić information content (AvgIpc) is 3.02. The summed E-state index contributed by atoms with van der Waals surface area (Å²) in [5.41, 5.74) is 2.60. The van der Waals surface area contributed by atoms with E-state index in [4.69, 9.17) is 32.7 Å². The highest BCUT2D eigenvalue weighted by Gasteiger charge is 2.29. The maximum absolute atomic E-state index is 12.6. The van der Waals surface area contributed by atoms with Crippen molar-refractivity contribution < 1.29 is 19.1 Å². The van der Waals surface area contributed by atoms with Gasteiger partial charge < -0.3 is 20.1 Å². The number of aryl methyl sites for hydroxylation is 1. The summed E-state index contributed by atoms with van der Waals surface area (Å²) >= 11 is 13.5. The van der Waals surface area contributed by atoms with Crippen LogP contribution in [0.4, 0.5) is 5.00 Å². The number of methoxy groups -OCH3 is 1. The number of hydrogen-bond donors (Lipinski definition) is 2. The summed E-state index contributed by atoms with van der Waals surface area (Å²) in [4.78, 5) is 26.2. The lowest BCUT2D eigenvalue weighted by atomic mass is 10.1. The zero-order valence-corrected chi connectivity index (χ0v) is 19.2. The summed E-state index contributed by atoms with van der Waals surface area (Å²) in [7, 11) is 1.47. The third-order valence-corrected chi connectivity index (χ3v) is 6.72. The predicted molar refractivity (Wildman–Crippen MR) is 122 cm³/mol. The molecule has 160 valence electrons. The van der Waals surface area contributed by atoms with Crippen molar-refractivity contribution in [3.05, 3.63) is 73.6 Å². The molecule has 1 aromatic heterocycles. The Balaban J connectivity index is 1.58. The SMILES string of the molecule is COc1cc([C@@H]2NC(=O)c3c(sc(C)c3C)N2)ccc1OC(=O)c1ccc(Cl)cc1Cl. The minimum Gasteiger partial charge on any atom is -0.493 e. The number of fused-ring (bicyclic) bond motifs is 1. The molecular formula is C22H18Cl2N2O4S. The van der Waals surface area contributed by atoms with Gasteiger partial charge in [-0.25, -0.2) is 4.79 Å². The van der Waals surface area contributed by atoms with Gasteiger partial charge in [-0.2, -0.15) is 0 Å². The number of amides is 1. The molecule has 0 fully saturated rings. The van der Waals surface area contributed by atoms with Crippen molar-refractivity contribution in [2.24, 2.45) is 0 Å². The van der Waals surface area contributed by atoms with Crippen LogP contribution in [0.25, 0.3) is 0 Å². The van der Waals surface area contributed by atoms with E-state index in [9.17, 15) is 9.59 Å². The van der Waals surface area contributed by atoms with Gasteiger partial charge >= 0.3 is 5.97 Å². The van der Waals surface area contributed by atoms with E-state index in [1.165, 1.54) is 19.2 Å². The molecule has 0 bridgehead atoms. The lowest BCUT2D eigenvalue weighted by Gasteiger charge is -2.27. The van der Waals surface area contributed by atoms with Crippen molar-refractivity contribution in [3.63, 3.8) is 0 Å². The van der Waals surface area contributed by atoms with Gasteiger partial charge in [0.1, 0.15) is 11.2 Å². The molecule has 2 heterocycles. The number of thiophene rings is 1. The van der Waals surface area contributed by atoms with E-state index < -0.39 is 12.1 Å². The second-order valence-electron chi connectivity index (χ2n) is 6.96. The van der Waals surface area contributed by atoms with E-state index in [1.54, 1.807) is 35.6 Å². The Labute approximate surface area is 193 Å². The van der Waals surface area contributed by atoms with Gasteiger partial charge in [-0.1, -0.05) is 29.3 Å². The van der Waals surface area contributed by atoms with Crippen molar-refractivity contribution in [3.8, 4) is 11.5 Å². The maximum atomic E-state index is 12.6. The summed E-state index contributed by atoms with van der Waals surface area (Å²) < 4.78 is 10.9. The second-order valence-corrected chi connectivity index (χ2v) is 9.03. The number of benzene rings is 2. The van der Waals surface area contributed by atoms with Gasteiger partial charge in [0.05, 0.1) is 23.3 Å². The molecule has 1 aliphatic rings. The standard InChI is InChI=1S/C22H18Cl2N2O4S/c1-10-11(2)31-21-18(10)20(27)25-19(26-21)12-4-7-16(17(8-12)29-3)30-22(28)14-6-5-13(23)9-15(14)24/h4-9,19,26H,1-3H3,(H,25,27)/t19-/m1/s1. The van der Waals surface area contributed by atoms with E-state index in [0.29, 0.717) is 16.3 Å². The first-order valence-electron chi connectivity index (χ1n) is 9.31. The summed E-state index contributed by atoms with van der Waals surface area (Å²) in [6.45, 7) is 3.92. The molecule has 0 saturated carbocycles. The van der Waals surface area contributed by atoms with Crippen molar-refractivity contribution >= 4 is 51.4 Å². The molecule has 9 heteroatoms. The molecule has 0 spiro atoms. The minimum absolute atomic E-state index is 0.132. The maximum Gasteiger partial charge on any atom is 0.345 e. The van der Waals surface area contributed by atoms with Gasteiger partial charge in [0.2, 0.25) is 0 Å². The number of anilines is 1. The molecule has 1 aliphatic heterocycles. The first-order chi connectivity index (χ1) is 14.8. The third-order valence-electron chi connectivity index (χ3n) is 5.04. The quantitative estimate of drug-likeness (QED) is 0.370. The van der Waals surface area contributed by atoms with E-state index in [2.05, 4.69) is 10.6 Å². The number of halogens is 2. The Bertz CT molecular complexity index is 1210. The zero-order chi connectivity index (χ0) is 22.3. The largest absolute Gasteiger partial charge is 0.493 e. The molecule has 1 atom stereocenters. The van der Waals surface area contributed by atoms with Gasteiger partial charge in [-0.3, -0.25) is 4.79 Å². The zero-order valence-electron chi connectivity index (χ0n) is 16.8. The van der Waals surface area contributed by atoms with Crippen LogP contribution < -0.4 is 20.1 Å². The van der Waals surface area contributed by atoms with Crippen molar-refractivity contribution in [1.82, 2.24) is 5.32 Å². The molecule has 2 aromatic carbocycles. The number of esters is 1. The first-order valence-corrected chi connectivity index (χ1v) is 10.9. The van der Waals surface area contributed by atoms with Gasteiger partial charge in [0.25, 0.3) is 5.91 Å². The number of carbonyl (C=O) groups excluding carboxylic acids is 2. The number of hydrogen-bond acceptors (Lipinski definition) is 6. The van der Waals surface area contributed by atoms with E-state index in [0.717, 1.165) is 21.0 Å². The third kappa shape index (κ3) is 4.08. The van der Waals surface area contributed by atoms with Crippen LogP contribution in [0.15, 0.2) is 36.4 Å². The average molecular weight is 477 g/mol. The Hall–Kier alpha value is -2.74. The van der Waals surface area contributed by atoms with Gasteiger partial charge in [-0.15, -0.1) is 11.3 Å². The van der Waals surface area contributed by atoms with E-state index >= 15 is 0 Å². The van der Waals surface area contributed by atoms with E-state index in [1.807, 2.05) is 13.8 Å². The second kappa shape index (κ2) is 8.42. The summed E-state index contributed by atoms with van der Waals surface area (Å²) in [5.74, 6) is -0.192. The Morgan fingerprint density at radius 2 is 1.84 bits per heavy atom. The van der Waals surface area contributed by atoms with Crippen molar-refractivity contribution in [2.75, 3.05) is 12.4 Å². The highest BCUT2D eigenvalue weighted by atomic mass is 35.5. The molecule has 0 saturated heterocycles. The fourth-order valence-electron chi connectivity index (χ4n) is 3.30. The lowest BCUT2D eigenvalue weighted by molar-refractivity contribution is 0.0729. The molecule has 6 nitrogen and oxygen atoms in total. The molecule has 0 radical (unpaired) electrons. The number of ether oxygens (including phenoxy) is 2. The van der Waals surface area contributed by atoms with Crippen LogP contribution in [-0.4, -0.2) is 19.0 Å². The van der Waals surface area contributed by atoms with Crippen LogP contribution in [0.2, 0.25) is 10.0 Å². The molecule has 31 heavy (non-hydrogen) atoms. The predicted octanol–water partition coefficient (Wildman–Crippen LogP) is 5.75. The number of rotatable bonds is 4. The van der Waals surface area contributed by atoms with Crippen LogP contribution >= 0.6 is 34.5 Å². The Morgan fingerprint density at radius 1 is 1.06 bits per heavy atom. The summed E-state index contributed by atoms with van der Waals surface area (Å²) in [6, 6.07) is 9.61. The molecule has 1 amide bonds. The highest BCUT2D eigenvalue weighted by Crippen LogP contribution is 2.39. The topological polar surface area (TPSA) is 76.7 Å². The minimum atomic E-state index is -0.633. The van der Waals surface area contributed by atoms with Crippen LogP contribution in [0, 0.1) is 13.8 Å². The van der Waals surface area contributed by atoms with Crippen LogP contribution in [0.3, 0.4) is 0 Å². The van der Waals surface area contributed by atoms with Crippen molar-refractivity contribution in [1.29, 1.82) is 0 Å². The van der Waals surface area contributed by atoms with Crippen LogP contribution in [0.5, 0.6) is 11.5 Å². The summed E-state index contributed by atoms with van der Waals surface area (Å²) in [6.07, 6.45) is -0.443. The summed E-state index contributed by atoms with van der Waals surface area (Å²) in [5, 5.41) is 7.75. The van der Waals surface area contributed by atoms with Crippen LogP contribution in [-0.2, 0) is 0 Å². The van der Waals surface area contributed by atoms with Gasteiger partial charge in [0, 0.05) is 9.90 Å². The molecule has 0 unspecified atom stereocenters. The van der Waals surface area contributed by atoms with Gasteiger partial charge in [0.15, 0.2) is 11.5 Å². The van der Waals surface area contributed by atoms with Crippen molar-refractivity contribution in [2.45, 2.75) is 20.0 Å². The number of carbonyl (C=O) groups is 2. The highest BCUT2D eigenvalue weighted by molar-refractivity contribution is 7.16. The van der Waals surface area contributed by atoms with Crippen LogP contribution in [0.1, 0.15) is 42.9 Å². The molecule has 4 rings (SSSR count).